The Kier molecular flexibility index (Phi) is 7.00. The second kappa shape index (κ2) is 8.98. The molecule has 0 aliphatic heterocycles. The largest absolute Gasteiger partial charge is 0.491 e. The van der Waals surface area contributed by atoms with Crippen molar-refractivity contribution >= 4 is 0 Å². The number of nitrogens with one attached hydrogen (secondary N) is 1. The van der Waals surface area contributed by atoms with Gasteiger partial charge in [0.1, 0.15) is 18.5 Å². The highest BCUT2D eigenvalue weighted by Crippen LogP contribution is 2.49. The third-order valence-electron chi connectivity index (χ3n) is 7.16. The van der Waals surface area contributed by atoms with Gasteiger partial charge in [-0.2, -0.15) is 0 Å². The molecule has 1 aromatic rings. The normalized spacial score (nSPS) is 26.5. The van der Waals surface area contributed by atoms with E-state index in [1.165, 1.54) is 31.2 Å². The van der Waals surface area contributed by atoms with Crippen LogP contribution in [0.3, 0.4) is 0 Å². The van der Waals surface area contributed by atoms with Crippen LogP contribution >= 0.6 is 0 Å². The van der Waals surface area contributed by atoms with Gasteiger partial charge in [-0.3, -0.25) is 0 Å². The average molecular weight is 402 g/mol. The van der Waals surface area contributed by atoms with Crippen molar-refractivity contribution in [3.05, 3.63) is 29.8 Å². The fourth-order valence-corrected chi connectivity index (χ4v) is 6.06. The Morgan fingerprint density at radius 1 is 1.07 bits per heavy atom. The van der Waals surface area contributed by atoms with Gasteiger partial charge < -0.3 is 15.2 Å². The SMILES string of the molecule is C[C@@H](NC[C@H](O)COc1ccc(C(C)(C)CC(C)(C)C)cc1)[C@@H]1C[C@@H]2CC[C@@H]1C2. The molecule has 0 amide bonds. The third-order valence-corrected chi connectivity index (χ3v) is 7.16. The topological polar surface area (TPSA) is 41.5 Å². The molecule has 2 saturated carbocycles. The lowest BCUT2D eigenvalue weighted by Crippen LogP contribution is -2.41. The van der Waals surface area contributed by atoms with E-state index < -0.39 is 6.10 Å². The van der Waals surface area contributed by atoms with Gasteiger partial charge in [0, 0.05) is 12.6 Å². The first-order valence-corrected chi connectivity index (χ1v) is 11.7. The predicted octanol–water partition coefficient (Wildman–Crippen LogP) is 5.55. The number of rotatable bonds is 9. The fourth-order valence-electron chi connectivity index (χ4n) is 6.06. The highest BCUT2D eigenvalue weighted by Gasteiger charge is 2.41. The van der Waals surface area contributed by atoms with Gasteiger partial charge in [-0.05, 0) is 78.9 Å². The molecule has 0 radical (unpaired) electrons. The van der Waals surface area contributed by atoms with E-state index in [2.05, 4.69) is 59.0 Å². The van der Waals surface area contributed by atoms with Crippen LogP contribution in [0.25, 0.3) is 0 Å². The summed E-state index contributed by atoms with van der Waals surface area (Å²) < 4.78 is 5.85. The first kappa shape index (κ1) is 22.6. The van der Waals surface area contributed by atoms with Gasteiger partial charge in [-0.15, -0.1) is 0 Å². The number of aliphatic hydroxyl groups excluding tert-OH is 1. The molecule has 2 bridgehead atoms. The summed E-state index contributed by atoms with van der Waals surface area (Å²) in [6, 6.07) is 8.91. The molecule has 3 heteroatoms. The molecule has 164 valence electrons. The molecule has 2 aliphatic rings. The molecule has 0 unspecified atom stereocenters. The molecular weight excluding hydrogens is 358 g/mol. The standard InChI is InChI=1S/C26H43NO2/c1-18(24-14-19-7-8-20(24)13-19)27-15-22(28)16-29-23-11-9-21(10-12-23)26(5,6)17-25(2,3)4/h9-12,18-20,22,24,27-28H,7-8,13-17H2,1-6H3/t18-,19-,20-,22+,24+/m1/s1. The van der Waals surface area contributed by atoms with Crippen LogP contribution in [0.1, 0.15) is 79.2 Å². The molecule has 29 heavy (non-hydrogen) atoms. The fraction of sp³-hybridized carbons (Fsp3) is 0.769. The van der Waals surface area contributed by atoms with Gasteiger partial charge in [0.25, 0.3) is 0 Å². The Labute approximate surface area is 178 Å². The first-order chi connectivity index (χ1) is 13.5. The molecule has 3 nitrogen and oxygen atoms in total. The minimum atomic E-state index is -0.479. The minimum absolute atomic E-state index is 0.135. The molecule has 0 saturated heterocycles. The molecule has 2 aliphatic carbocycles. The van der Waals surface area contributed by atoms with E-state index in [4.69, 9.17) is 4.74 Å². The summed E-state index contributed by atoms with van der Waals surface area (Å²) in [5.41, 5.74) is 1.77. The third kappa shape index (κ3) is 6.21. The summed E-state index contributed by atoms with van der Waals surface area (Å²) in [5.74, 6) is 3.52. The smallest absolute Gasteiger partial charge is 0.119 e. The van der Waals surface area contributed by atoms with Gasteiger partial charge in [0.15, 0.2) is 0 Å². The lowest BCUT2D eigenvalue weighted by atomic mass is 9.72. The molecule has 0 aromatic heterocycles. The zero-order valence-electron chi connectivity index (χ0n) is 19.5. The van der Waals surface area contributed by atoms with Gasteiger partial charge >= 0.3 is 0 Å². The molecule has 2 N–H and O–H groups in total. The van der Waals surface area contributed by atoms with Crippen molar-refractivity contribution < 1.29 is 9.84 Å². The van der Waals surface area contributed by atoms with E-state index in [0.717, 1.165) is 29.9 Å². The summed E-state index contributed by atoms with van der Waals surface area (Å²) in [7, 11) is 0. The van der Waals surface area contributed by atoms with Gasteiger partial charge in [0.05, 0.1) is 0 Å². The zero-order chi connectivity index (χ0) is 21.2. The highest BCUT2D eigenvalue weighted by molar-refractivity contribution is 5.31. The second-order valence-electron chi connectivity index (χ2n) is 11.6. The van der Waals surface area contributed by atoms with E-state index in [1.54, 1.807) is 0 Å². The molecular formula is C26H43NO2. The van der Waals surface area contributed by atoms with Crippen LogP contribution in [0.15, 0.2) is 24.3 Å². The van der Waals surface area contributed by atoms with Crippen LogP contribution in [0.2, 0.25) is 0 Å². The van der Waals surface area contributed by atoms with Crippen LogP contribution in [0.5, 0.6) is 5.75 Å². The number of fused-ring (bicyclic) bond motifs is 2. The van der Waals surface area contributed by atoms with Crippen molar-refractivity contribution in [3.63, 3.8) is 0 Å². The predicted molar refractivity (Wildman–Crippen MR) is 121 cm³/mol. The Hall–Kier alpha value is -1.06. The van der Waals surface area contributed by atoms with Gasteiger partial charge in [-0.1, -0.05) is 53.2 Å². The summed E-state index contributed by atoms with van der Waals surface area (Å²) in [5, 5.41) is 13.9. The van der Waals surface area contributed by atoms with E-state index in [9.17, 15) is 5.11 Å². The van der Waals surface area contributed by atoms with Crippen LogP contribution in [-0.4, -0.2) is 30.4 Å². The van der Waals surface area contributed by atoms with Crippen molar-refractivity contribution in [2.45, 2.75) is 91.2 Å². The lowest BCUT2D eigenvalue weighted by Gasteiger charge is -2.33. The Morgan fingerprint density at radius 2 is 1.76 bits per heavy atom. The minimum Gasteiger partial charge on any atom is -0.491 e. The number of hydrogen-bond acceptors (Lipinski definition) is 3. The van der Waals surface area contributed by atoms with Crippen molar-refractivity contribution in [2.24, 2.45) is 23.2 Å². The van der Waals surface area contributed by atoms with Crippen LogP contribution in [0, 0.1) is 23.2 Å². The van der Waals surface area contributed by atoms with E-state index in [1.807, 2.05) is 12.1 Å². The Bertz CT molecular complexity index is 646. The zero-order valence-corrected chi connectivity index (χ0v) is 19.5. The monoisotopic (exact) mass is 401 g/mol. The maximum atomic E-state index is 10.4. The van der Waals surface area contributed by atoms with Gasteiger partial charge in [0.2, 0.25) is 0 Å². The molecule has 3 rings (SSSR count). The maximum Gasteiger partial charge on any atom is 0.119 e. The number of benzene rings is 1. The highest BCUT2D eigenvalue weighted by atomic mass is 16.5. The van der Waals surface area contributed by atoms with Crippen LogP contribution in [-0.2, 0) is 5.41 Å². The van der Waals surface area contributed by atoms with E-state index >= 15 is 0 Å². The van der Waals surface area contributed by atoms with E-state index in [0.29, 0.717) is 24.6 Å². The summed E-state index contributed by atoms with van der Waals surface area (Å²) in [6.45, 7) is 14.7. The number of ether oxygens (including phenoxy) is 1. The molecule has 1 aromatic carbocycles. The Morgan fingerprint density at radius 3 is 2.31 bits per heavy atom. The Balaban J connectivity index is 1.41. The first-order valence-electron chi connectivity index (χ1n) is 11.7. The molecule has 5 atom stereocenters. The van der Waals surface area contributed by atoms with Crippen molar-refractivity contribution in [1.29, 1.82) is 0 Å². The van der Waals surface area contributed by atoms with Crippen LogP contribution in [0.4, 0.5) is 0 Å². The van der Waals surface area contributed by atoms with E-state index in [-0.39, 0.29) is 5.41 Å². The molecule has 0 heterocycles. The number of hydrogen-bond donors (Lipinski definition) is 2. The maximum absolute atomic E-state index is 10.4. The summed E-state index contributed by atoms with van der Waals surface area (Å²) >= 11 is 0. The quantitative estimate of drug-likeness (QED) is 0.570. The molecule has 0 spiro atoms. The van der Waals surface area contributed by atoms with Crippen molar-refractivity contribution in [2.75, 3.05) is 13.2 Å². The van der Waals surface area contributed by atoms with Crippen molar-refractivity contribution in [3.8, 4) is 5.75 Å². The number of aliphatic hydroxyl groups is 1. The molecule has 2 fully saturated rings. The summed E-state index contributed by atoms with van der Waals surface area (Å²) in [6.07, 6.45) is 6.32. The summed E-state index contributed by atoms with van der Waals surface area (Å²) in [4.78, 5) is 0. The van der Waals surface area contributed by atoms with Gasteiger partial charge in [-0.25, -0.2) is 0 Å². The lowest BCUT2D eigenvalue weighted by molar-refractivity contribution is 0.0993. The average Bonchev–Trinajstić information content (AvgIpc) is 3.26. The second-order valence-corrected chi connectivity index (χ2v) is 11.6. The van der Waals surface area contributed by atoms with Crippen LogP contribution < -0.4 is 10.1 Å². The van der Waals surface area contributed by atoms with Crippen molar-refractivity contribution in [1.82, 2.24) is 5.32 Å².